The lowest BCUT2D eigenvalue weighted by molar-refractivity contribution is -0.141. The van der Waals surface area contributed by atoms with Crippen molar-refractivity contribution in [1.82, 2.24) is 4.90 Å². The molecule has 1 atom stereocenters. The number of likely N-dealkylation sites (tertiary alicyclic amines) is 1. The summed E-state index contributed by atoms with van der Waals surface area (Å²) in [6.45, 7) is 14.2. The Bertz CT molecular complexity index is 852. The zero-order valence-electron chi connectivity index (χ0n) is 21.7. The molecule has 9 nitrogen and oxygen atoms in total. The first-order valence-corrected chi connectivity index (χ1v) is 19.3. The fourth-order valence-electron chi connectivity index (χ4n) is 3.32. The maximum Gasteiger partial charge on any atom is 0.326 e. The quantitative estimate of drug-likeness (QED) is 0.221. The van der Waals surface area contributed by atoms with Gasteiger partial charge in [-0.15, -0.1) is 0 Å². The number of rotatable bonds is 14. The summed E-state index contributed by atoms with van der Waals surface area (Å²) in [7, 11) is -2.52. The molecule has 1 fully saturated rings. The van der Waals surface area contributed by atoms with E-state index in [1.54, 1.807) is 18.2 Å². The van der Waals surface area contributed by atoms with E-state index in [4.69, 9.17) is 18.9 Å². The molecular formula is C24H39NO8Si2. The van der Waals surface area contributed by atoms with Gasteiger partial charge in [0.25, 0.3) is 5.91 Å². The number of carboxylic acid groups (broad SMARTS) is 1. The largest absolute Gasteiger partial charge is 0.480 e. The summed E-state index contributed by atoms with van der Waals surface area (Å²) in [6, 6.07) is 5.59. The van der Waals surface area contributed by atoms with Crippen LogP contribution in [0.5, 0.6) is 11.5 Å². The van der Waals surface area contributed by atoms with Gasteiger partial charge in [0.2, 0.25) is 0 Å². The van der Waals surface area contributed by atoms with Crippen molar-refractivity contribution in [2.75, 3.05) is 33.3 Å². The van der Waals surface area contributed by atoms with E-state index in [-0.39, 0.29) is 49.4 Å². The Kier molecular flexibility index (Phi) is 10.5. The highest BCUT2D eigenvalue weighted by Crippen LogP contribution is 2.32. The molecule has 11 heteroatoms. The van der Waals surface area contributed by atoms with Crippen molar-refractivity contribution < 1.29 is 38.4 Å². The van der Waals surface area contributed by atoms with E-state index in [2.05, 4.69) is 39.3 Å². The van der Waals surface area contributed by atoms with E-state index in [0.29, 0.717) is 13.2 Å². The van der Waals surface area contributed by atoms with E-state index in [1.807, 2.05) is 0 Å². The SMILES string of the molecule is C[Si](C)(C)CCOCOc1cccc(OCOCC[Si](C)(C)C)c1C(=O)N1CC(=O)C[C@H]1C(=O)O. The number of aliphatic carboxylic acids is 1. The van der Waals surface area contributed by atoms with Gasteiger partial charge in [-0.2, -0.15) is 0 Å². The highest BCUT2D eigenvalue weighted by molar-refractivity contribution is 6.76. The highest BCUT2D eigenvalue weighted by Gasteiger charge is 2.41. The number of nitrogens with zero attached hydrogens (tertiary/aromatic N) is 1. The van der Waals surface area contributed by atoms with E-state index in [1.165, 1.54) is 0 Å². The van der Waals surface area contributed by atoms with Crippen molar-refractivity contribution in [2.24, 2.45) is 0 Å². The van der Waals surface area contributed by atoms with Gasteiger partial charge in [0.15, 0.2) is 19.4 Å². The Hall–Kier alpha value is -2.22. The molecule has 0 spiro atoms. The van der Waals surface area contributed by atoms with Crippen LogP contribution in [-0.4, -0.2) is 83.2 Å². The molecule has 1 aliphatic heterocycles. The minimum Gasteiger partial charge on any atom is -0.480 e. The van der Waals surface area contributed by atoms with Gasteiger partial charge in [0.05, 0.1) is 6.54 Å². The molecular weight excluding hydrogens is 486 g/mol. The van der Waals surface area contributed by atoms with Crippen LogP contribution in [0.15, 0.2) is 18.2 Å². The van der Waals surface area contributed by atoms with Crippen molar-refractivity contribution in [3.05, 3.63) is 23.8 Å². The molecule has 1 N–H and O–H groups in total. The Morgan fingerprint density at radius 2 is 1.43 bits per heavy atom. The summed E-state index contributed by atoms with van der Waals surface area (Å²) in [5, 5.41) is 9.53. The van der Waals surface area contributed by atoms with Crippen LogP contribution in [0.4, 0.5) is 0 Å². The predicted octanol–water partition coefficient (Wildman–Crippen LogP) is 3.94. The van der Waals surface area contributed by atoms with Crippen LogP contribution < -0.4 is 9.47 Å². The van der Waals surface area contributed by atoms with E-state index >= 15 is 0 Å². The van der Waals surface area contributed by atoms with Gasteiger partial charge < -0.3 is 29.0 Å². The van der Waals surface area contributed by atoms with Crippen LogP contribution in [-0.2, 0) is 19.1 Å². The number of carbonyl (C=O) groups is 3. The average molecular weight is 526 g/mol. The number of carboxylic acids is 1. The molecule has 1 aliphatic rings. The average Bonchev–Trinajstić information content (AvgIpc) is 3.13. The first kappa shape index (κ1) is 29.0. The number of Topliss-reactive ketones (excluding diaryl/α,β-unsaturated/α-hetero) is 1. The molecule has 1 aromatic carbocycles. The lowest BCUT2D eigenvalue weighted by Gasteiger charge is -2.23. The normalized spacial score (nSPS) is 16.5. The highest BCUT2D eigenvalue weighted by atomic mass is 28.3. The minimum atomic E-state index is -1.26. The molecule has 0 unspecified atom stereocenters. The van der Waals surface area contributed by atoms with Gasteiger partial charge in [0, 0.05) is 35.8 Å². The molecule has 0 radical (unpaired) electrons. The van der Waals surface area contributed by atoms with Crippen LogP contribution >= 0.6 is 0 Å². The van der Waals surface area contributed by atoms with E-state index in [0.717, 1.165) is 17.0 Å². The Labute approximate surface area is 209 Å². The standard InChI is InChI=1S/C24H39NO8Si2/c1-34(2,3)12-10-30-16-32-20-8-7-9-21(33-17-31-11-13-35(4,5)6)22(20)23(27)25-15-18(26)14-19(25)24(28)29/h7-9,19H,10-17H2,1-6H3,(H,28,29)/t19-/m0/s1. The molecule has 2 rings (SSSR count). The van der Waals surface area contributed by atoms with Gasteiger partial charge in [-0.1, -0.05) is 45.3 Å². The summed E-state index contributed by atoms with van der Waals surface area (Å²) in [5.74, 6) is -1.78. The fraction of sp³-hybridized carbons (Fsp3) is 0.625. The van der Waals surface area contributed by atoms with Crippen LogP contribution in [0.25, 0.3) is 0 Å². The number of benzene rings is 1. The molecule has 0 bridgehead atoms. The van der Waals surface area contributed by atoms with Crippen molar-refractivity contribution in [1.29, 1.82) is 0 Å². The smallest absolute Gasteiger partial charge is 0.326 e. The monoisotopic (exact) mass is 525 g/mol. The molecule has 0 aliphatic carbocycles. The lowest BCUT2D eigenvalue weighted by Crippen LogP contribution is -2.40. The number of ether oxygens (including phenoxy) is 4. The second-order valence-corrected chi connectivity index (χ2v) is 22.4. The van der Waals surface area contributed by atoms with Crippen LogP contribution in [0.2, 0.25) is 51.4 Å². The van der Waals surface area contributed by atoms with Gasteiger partial charge in [0.1, 0.15) is 23.1 Å². The molecule has 1 saturated heterocycles. The van der Waals surface area contributed by atoms with Gasteiger partial charge in [-0.05, 0) is 24.2 Å². The minimum absolute atomic E-state index is 0.0519. The van der Waals surface area contributed by atoms with Crippen molar-refractivity contribution in [2.45, 2.75) is 63.8 Å². The van der Waals surface area contributed by atoms with Crippen LogP contribution in [0.1, 0.15) is 16.8 Å². The van der Waals surface area contributed by atoms with Crippen molar-refractivity contribution >= 4 is 33.8 Å². The molecule has 196 valence electrons. The van der Waals surface area contributed by atoms with Gasteiger partial charge >= 0.3 is 5.97 Å². The second-order valence-electron chi connectivity index (χ2n) is 11.1. The fourth-order valence-corrected chi connectivity index (χ4v) is 4.83. The zero-order valence-corrected chi connectivity index (χ0v) is 23.7. The van der Waals surface area contributed by atoms with Gasteiger partial charge in [-0.3, -0.25) is 9.59 Å². The molecule has 0 aromatic heterocycles. The predicted molar refractivity (Wildman–Crippen MR) is 138 cm³/mol. The number of carbonyl (C=O) groups excluding carboxylic acids is 2. The lowest BCUT2D eigenvalue weighted by atomic mass is 10.1. The summed E-state index contributed by atoms with van der Waals surface area (Å²) < 4.78 is 22.8. The molecule has 1 aromatic rings. The summed E-state index contributed by atoms with van der Waals surface area (Å²) in [6.07, 6.45) is -0.222. The topological polar surface area (TPSA) is 112 Å². The van der Waals surface area contributed by atoms with Crippen LogP contribution in [0, 0.1) is 0 Å². The third-order valence-corrected chi connectivity index (χ3v) is 8.89. The van der Waals surface area contributed by atoms with E-state index < -0.39 is 34.1 Å². The Morgan fingerprint density at radius 3 is 1.86 bits per heavy atom. The first-order chi connectivity index (χ1) is 16.3. The first-order valence-electron chi connectivity index (χ1n) is 11.9. The number of amides is 1. The molecule has 1 amide bonds. The Balaban J connectivity index is 2.19. The summed E-state index contributed by atoms with van der Waals surface area (Å²) in [5.41, 5.74) is 0.0519. The Morgan fingerprint density at radius 1 is 0.943 bits per heavy atom. The summed E-state index contributed by atoms with van der Waals surface area (Å²) >= 11 is 0. The molecule has 35 heavy (non-hydrogen) atoms. The van der Waals surface area contributed by atoms with E-state index in [9.17, 15) is 19.5 Å². The maximum absolute atomic E-state index is 13.5. The number of ketones is 1. The second kappa shape index (κ2) is 12.7. The zero-order chi connectivity index (χ0) is 26.2. The number of hydrogen-bond acceptors (Lipinski definition) is 7. The third-order valence-electron chi connectivity index (χ3n) is 5.48. The number of hydrogen-bond donors (Lipinski definition) is 1. The van der Waals surface area contributed by atoms with Crippen LogP contribution in [0.3, 0.4) is 0 Å². The third kappa shape index (κ3) is 9.75. The summed E-state index contributed by atoms with van der Waals surface area (Å²) in [4.78, 5) is 38.2. The van der Waals surface area contributed by atoms with Crippen molar-refractivity contribution in [3.8, 4) is 11.5 Å². The maximum atomic E-state index is 13.5. The van der Waals surface area contributed by atoms with Gasteiger partial charge in [-0.25, -0.2) is 4.79 Å². The molecule has 0 saturated carbocycles. The van der Waals surface area contributed by atoms with Crippen molar-refractivity contribution in [3.63, 3.8) is 0 Å². The molecule has 1 heterocycles.